The minimum absolute atomic E-state index is 0.0511. The Morgan fingerprint density at radius 3 is 2.83 bits per heavy atom. The second-order valence-corrected chi connectivity index (χ2v) is 4.31. The van der Waals surface area contributed by atoms with Crippen molar-refractivity contribution in [3.63, 3.8) is 0 Å². The highest BCUT2D eigenvalue weighted by Crippen LogP contribution is 2.32. The maximum Gasteiger partial charge on any atom is 0.338 e. The molecule has 92 valence electrons. The highest BCUT2D eigenvalue weighted by molar-refractivity contribution is 6.32. The number of nitrogen functional groups attached to an aromatic ring is 1. The number of pyridine rings is 2. The number of carboxylic acids is 1. The molecule has 0 saturated heterocycles. The Balaban J connectivity index is 2.40. The summed E-state index contributed by atoms with van der Waals surface area (Å²) in [7, 11) is 0. The molecule has 0 unspecified atom stereocenters. The highest BCUT2D eigenvalue weighted by atomic mass is 35.5. The first-order valence-corrected chi connectivity index (χ1v) is 5.54. The summed E-state index contributed by atoms with van der Waals surface area (Å²) in [6.07, 6.45) is 0. The monoisotopic (exact) mass is 265 g/mol. The zero-order chi connectivity index (χ0) is 12.9. The average Bonchev–Trinajstić information content (AvgIpc) is 2.77. The minimum atomic E-state index is -1.13. The largest absolute Gasteiger partial charge is 0.478 e. The minimum Gasteiger partial charge on any atom is -0.478 e. The number of aromatic nitrogens is 2. The molecule has 0 bridgehead atoms. The maximum absolute atomic E-state index is 11.0. The highest BCUT2D eigenvalue weighted by Gasteiger charge is 2.22. The van der Waals surface area contributed by atoms with E-state index in [1.54, 1.807) is 0 Å². The van der Waals surface area contributed by atoms with Crippen LogP contribution in [0.2, 0.25) is 5.15 Å². The second kappa shape index (κ2) is 3.79. The van der Waals surface area contributed by atoms with Crippen LogP contribution in [0, 0.1) is 0 Å². The maximum atomic E-state index is 11.0. The lowest BCUT2D eigenvalue weighted by atomic mass is 10.1. The van der Waals surface area contributed by atoms with Crippen molar-refractivity contribution in [3.05, 3.63) is 27.9 Å². The van der Waals surface area contributed by atoms with Crippen molar-refractivity contribution < 1.29 is 14.6 Å². The zero-order valence-electron chi connectivity index (χ0n) is 9.11. The van der Waals surface area contributed by atoms with Crippen molar-refractivity contribution in [2.45, 2.75) is 13.2 Å². The third-order valence-corrected chi connectivity index (χ3v) is 3.19. The summed E-state index contributed by atoms with van der Waals surface area (Å²) in [4.78, 5) is 19.1. The first-order chi connectivity index (χ1) is 8.58. The van der Waals surface area contributed by atoms with Crippen molar-refractivity contribution in [2.24, 2.45) is 0 Å². The molecule has 1 aliphatic rings. The molecule has 6 nitrogen and oxygen atoms in total. The van der Waals surface area contributed by atoms with Crippen LogP contribution in [0.15, 0.2) is 6.07 Å². The third-order valence-electron chi connectivity index (χ3n) is 2.90. The van der Waals surface area contributed by atoms with Gasteiger partial charge >= 0.3 is 5.97 Å². The van der Waals surface area contributed by atoms with E-state index in [0.29, 0.717) is 30.1 Å². The van der Waals surface area contributed by atoms with Crippen molar-refractivity contribution >= 4 is 34.4 Å². The molecule has 0 aromatic carbocycles. The van der Waals surface area contributed by atoms with Gasteiger partial charge in [-0.3, -0.25) is 0 Å². The summed E-state index contributed by atoms with van der Waals surface area (Å²) in [5, 5.41) is 9.55. The number of hydrogen-bond donors (Lipinski definition) is 2. The molecule has 0 amide bonds. The van der Waals surface area contributed by atoms with Crippen molar-refractivity contribution in [1.29, 1.82) is 0 Å². The lowest BCUT2D eigenvalue weighted by Crippen LogP contribution is -2.04. The van der Waals surface area contributed by atoms with Crippen LogP contribution >= 0.6 is 11.6 Å². The molecule has 2 aromatic rings. The molecule has 18 heavy (non-hydrogen) atoms. The molecule has 3 N–H and O–H groups in total. The summed E-state index contributed by atoms with van der Waals surface area (Å²) in [6, 6.07) is 1.47. The van der Waals surface area contributed by atoms with Gasteiger partial charge in [0.1, 0.15) is 11.0 Å². The first-order valence-electron chi connectivity index (χ1n) is 5.16. The van der Waals surface area contributed by atoms with Gasteiger partial charge in [0.25, 0.3) is 0 Å². The molecule has 0 radical (unpaired) electrons. The fourth-order valence-electron chi connectivity index (χ4n) is 2.02. The zero-order valence-corrected chi connectivity index (χ0v) is 9.86. The predicted molar refractivity (Wildman–Crippen MR) is 64.4 cm³/mol. The molecule has 0 aliphatic carbocycles. The summed E-state index contributed by atoms with van der Waals surface area (Å²) in [5.41, 5.74) is 7.72. The number of halogens is 1. The molecule has 3 rings (SSSR count). The van der Waals surface area contributed by atoms with Gasteiger partial charge in [-0.2, -0.15) is 0 Å². The van der Waals surface area contributed by atoms with Crippen molar-refractivity contribution in [2.75, 3.05) is 5.73 Å². The smallest absolute Gasteiger partial charge is 0.338 e. The molecule has 7 heteroatoms. The Kier molecular flexibility index (Phi) is 2.36. The average molecular weight is 266 g/mol. The molecule has 2 aromatic heterocycles. The van der Waals surface area contributed by atoms with Gasteiger partial charge in [0.05, 0.1) is 18.8 Å². The molecule has 3 heterocycles. The van der Waals surface area contributed by atoms with E-state index in [2.05, 4.69) is 9.97 Å². The summed E-state index contributed by atoms with van der Waals surface area (Å²) in [5.74, 6) is -0.777. The molecule has 0 saturated carbocycles. The lowest BCUT2D eigenvalue weighted by molar-refractivity contribution is 0.0697. The van der Waals surface area contributed by atoms with Gasteiger partial charge < -0.3 is 15.6 Å². The van der Waals surface area contributed by atoms with Crippen LogP contribution in [0.4, 0.5) is 5.82 Å². The number of carboxylic acid groups (broad SMARTS) is 1. The van der Waals surface area contributed by atoms with E-state index in [1.165, 1.54) is 6.07 Å². The van der Waals surface area contributed by atoms with E-state index < -0.39 is 5.97 Å². The van der Waals surface area contributed by atoms with Gasteiger partial charge in [0.15, 0.2) is 5.65 Å². The van der Waals surface area contributed by atoms with Gasteiger partial charge in [0.2, 0.25) is 0 Å². The Labute approximate surface area is 106 Å². The molecular weight excluding hydrogens is 258 g/mol. The Bertz CT molecular complexity index is 687. The van der Waals surface area contributed by atoms with Crippen LogP contribution in [0.5, 0.6) is 0 Å². The number of anilines is 1. The van der Waals surface area contributed by atoms with Crippen molar-refractivity contribution in [1.82, 2.24) is 9.97 Å². The Morgan fingerprint density at radius 2 is 2.11 bits per heavy atom. The van der Waals surface area contributed by atoms with Gasteiger partial charge in [-0.15, -0.1) is 0 Å². The standard InChI is InChI=1S/C11H8ClN3O3/c12-8-5(11(16)17)1-4-6-2-18-3-7(6)9(13)15-10(4)14-8/h1H,2-3H2,(H,16,17)(H2,13,14,15). The summed E-state index contributed by atoms with van der Waals surface area (Å²) >= 11 is 5.80. The van der Waals surface area contributed by atoms with Crippen LogP contribution in [0.3, 0.4) is 0 Å². The molecular formula is C11H8ClN3O3. The SMILES string of the molecule is Nc1nc2nc(Cl)c(C(=O)O)cc2c2c1COC2. The van der Waals surface area contributed by atoms with Crippen LogP contribution in [-0.4, -0.2) is 21.0 Å². The molecule has 0 fully saturated rings. The Morgan fingerprint density at radius 1 is 1.39 bits per heavy atom. The fourth-order valence-corrected chi connectivity index (χ4v) is 2.23. The topological polar surface area (TPSA) is 98.3 Å². The second-order valence-electron chi connectivity index (χ2n) is 3.95. The Hall–Kier alpha value is -1.92. The number of fused-ring (bicyclic) bond motifs is 3. The van der Waals surface area contributed by atoms with E-state index in [4.69, 9.17) is 27.2 Å². The fraction of sp³-hybridized carbons (Fsp3) is 0.182. The van der Waals surface area contributed by atoms with E-state index in [9.17, 15) is 4.79 Å². The lowest BCUT2D eigenvalue weighted by Gasteiger charge is -2.07. The predicted octanol–water partition coefficient (Wildman–Crippen LogP) is 1.59. The van der Waals surface area contributed by atoms with Crippen LogP contribution in [0.25, 0.3) is 11.0 Å². The third kappa shape index (κ3) is 1.50. The molecule has 0 spiro atoms. The van der Waals surface area contributed by atoms with Gasteiger partial charge in [-0.25, -0.2) is 14.8 Å². The van der Waals surface area contributed by atoms with E-state index in [0.717, 1.165) is 11.1 Å². The number of ether oxygens (including phenoxy) is 1. The molecule has 1 aliphatic heterocycles. The number of carbonyl (C=O) groups is 1. The number of nitrogens with two attached hydrogens (primary N) is 1. The van der Waals surface area contributed by atoms with Gasteiger partial charge in [-0.05, 0) is 11.6 Å². The van der Waals surface area contributed by atoms with E-state index in [-0.39, 0.29) is 10.7 Å². The van der Waals surface area contributed by atoms with Crippen LogP contribution < -0.4 is 5.73 Å². The first kappa shape index (κ1) is 11.2. The number of aromatic carboxylic acids is 1. The van der Waals surface area contributed by atoms with E-state index in [1.807, 2.05) is 0 Å². The summed E-state index contributed by atoms with van der Waals surface area (Å²) in [6.45, 7) is 0.760. The van der Waals surface area contributed by atoms with Crippen molar-refractivity contribution in [3.8, 4) is 0 Å². The van der Waals surface area contributed by atoms with Crippen LogP contribution in [-0.2, 0) is 18.0 Å². The van der Waals surface area contributed by atoms with E-state index >= 15 is 0 Å². The quantitative estimate of drug-likeness (QED) is 0.760. The van der Waals surface area contributed by atoms with Gasteiger partial charge in [-0.1, -0.05) is 11.6 Å². The number of rotatable bonds is 1. The number of nitrogens with zero attached hydrogens (tertiary/aromatic N) is 2. The van der Waals surface area contributed by atoms with Gasteiger partial charge in [0, 0.05) is 10.9 Å². The number of hydrogen-bond acceptors (Lipinski definition) is 5. The molecule has 0 atom stereocenters. The normalized spacial score (nSPS) is 13.8. The van der Waals surface area contributed by atoms with Crippen LogP contribution in [0.1, 0.15) is 21.5 Å². The summed E-state index contributed by atoms with van der Waals surface area (Å²) < 4.78 is 5.31.